The summed E-state index contributed by atoms with van der Waals surface area (Å²) < 4.78 is 8.42. The van der Waals surface area contributed by atoms with Crippen molar-refractivity contribution in [1.82, 2.24) is 20.1 Å². The van der Waals surface area contributed by atoms with E-state index in [1.54, 1.807) is 32.1 Å². The van der Waals surface area contributed by atoms with Gasteiger partial charge >= 0.3 is 5.97 Å². The number of carbonyl (C=O) groups is 1. The number of hydrogen-bond donors (Lipinski definition) is 2. The van der Waals surface area contributed by atoms with Crippen LogP contribution in [0.15, 0.2) is 48.5 Å². The lowest BCUT2D eigenvalue weighted by molar-refractivity contribution is -0.142. The highest BCUT2D eigenvalue weighted by Gasteiger charge is 2.24. The Kier molecular flexibility index (Phi) is 9.02. The van der Waals surface area contributed by atoms with Crippen molar-refractivity contribution >= 4 is 38.4 Å². The fourth-order valence-electron chi connectivity index (χ4n) is 5.58. The molecule has 0 bridgehead atoms. The molecule has 1 aliphatic heterocycles. The number of benzene rings is 3. The zero-order chi connectivity index (χ0) is 30.9. The number of aryl methyl sites for hydroxylation is 3. The molecular formula is C35H42N4O3S. The first-order valence-electron chi connectivity index (χ1n) is 15.0. The van der Waals surface area contributed by atoms with Gasteiger partial charge in [0.1, 0.15) is 5.01 Å². The van der Waals surface area contributed by atoms with Crippen LogP contribution < -0.4 is 5.32 Å². The van der Waals surface area contributed by atoms with Crippen LogP contribution in [-0.4, -0.2) is 51.1 Å². The van der Waals surface area contributed by atoms with Crippen molar-refractivity contribution in [3.63, 3.8) is 0 Å². The molecule has 1 unspecified atom stereocenters. The van der Waals surface area contributed by atoms with E-state index in [1.165, 1.54) is 16.6 Å². The summed E-state index contributed by atoms with van der Waals surface area (Å²) in [5.74, 6) is 0.231. The Morgan fingerprint density at radius 3 is 2.47 bits per heavy atom. The molecule has 1 saturated heterocycles. The second kappa shape index (κ2) is 12.6. The molecule has 6 rings (SSSR count). The molecule has 0 radical (unpaired) electrons. The summed E-state index contributed by atoms with van der Waals surface area (Å²) in [6, 6.07) is 17.2. The fourth-order valence-corrected chi connectivity index (χ4v) is 6.72. The first kappa shape index (κ1) is 30.9. The molecule has 3 aromatic carbocycles. The molecule has 43 heavy (non-hydrogen) atoms. The van der Waals surface area contributed by atoms with Gasteiger partial charge in [0.15, 0.2) is 0 Å². The molecule has 0 spiro atoms. The molecule has 1 aliphatic rings. The monoisotopic (exact) mass is 598 g/mol. The van der Waals surface area contributed by atoms with Gasteiger partial charge in [-0.3, -0.25) is 9.48 Å². The van der Waals surface area contributed by atoms with Crippen LogP contribution in [0, 0.1) is 13.8 Å². The summed E-state index contributed by atoms with van der Waals surface area (Å²) >= 11 is 1.69. The lowest BCUT2D eigenvalue weighted by Crippen LogP contribution is -2.10. The Hall–Kier alpha value is -3.59. The highest BCUT2D eigenvalue weighted by molar-refractivity contribution is 7.22. The van der Waals surface area contributed by atoms with E-state index in [1.807, 2.05) is 18.7 Å². The zero-order valence-electron chi connectivity index (χ0n) is 26.2. The summed E-state index contributed by atoms with van der Waals surface area (Å²) in [6.07, 6.45) is 1.35. The van der Waals surface area contributed by atoms with Gasteiger partial charge in [0.2, 0.25) is 0 Å². The van der Waals surface area contributed by atoms with Gasteiger partial charge in [-0.25, -0.2) is 4.98 Å². The SMILES string of the molecule is CC(C)(C)O.CCOC(=O)Cc1c(C)cc2nc(-c3ccc4c(c3)c(C3CCNC3)nn4C)sc2c1-c1ccc(C)cc1. The van der Waals surface area contributed by atoms with E-state index >= 15 is 0 Å². The molecule has 0 aliphatic carbocycles. The maximum atomic E-state index is 12.6. The smallest absolute Gasteiger partial charge is 0.310 e. The predicted molar refractivity (Wildman–Crippen MR) is 177 cm³/mol. The Labute approximate surface area is 257 Å². The van der Waals surface area contributed by atoms with Gasteiger partial charge in [-0.15, -0.1) is 11.3 Å². The van der Waals surface area contributed by atoms with Gasteiger partial charge in [0, 0.05) is 36.0 Å². The van der Waals surface area contributed by atoms with Gasteiger partial charge in [-0.1, -0.05) is 29.8 Å². The van der Waals surface area contributed by atoms with Crippen molar-refractivity contribution in [3.8, 4) is 21.7 Å². The highest BCUT2D eigenvalue weighted by Crippen LogP contribution is 2.42. The van der Waals surface area contributed by atoms with Gasteiger partial charge in [-0.05, 0) is 95.5 Å². The van der Waals surface area contributed by atoms with Gasteiger partial charge in [0.05, 0.1) is 40.1 Å². The number of carbonyl (C=O) groups excluding carboxylic acids is 1. The standard InChI is InChI=1S/C31H32N4O2S.C4H10O/c1-5-37-27(36)16-23-19(3)14-25-30(28(23)20-8-6-18(2)7-9-20)38-31(33-25)21-10-11-26-24(15-21)29(34-35(26)4)22-12-13-32-17-22;1-4(2,3)5/h6-11,14-15,22,32H,5,12-13,16-17H2,1-4H3;5H,1-3H3. The Bertz CT molecular complexity index is 1750. The normalized spacial score (nSPS) is 15.1. The molecule has 5 aromatic rings. The summed E-state index contributed by atoms with van der Waals surface area (Å²) in [4.78, 5) is 17.7. The maximum Gasteiger partial charge on any atom is 0.310 e. The Morgan fingerprint density at radius 2 is 1.81 bits per heavy atom. The minimum absolute atomic E-state index is 0.205. The lowest BCUT2D eigenvalue weighted by atomic mass is 9.93. The Morgan fingerprint density at radius 1 is 1.12 bits per heavy atom. The molecule has 2 aromatic heterocycles. The highest BCUT2D eigenvalue weighted by atomic mass is 32.1. The second-order valence-corrected chi connectivity index (χ2v) is 13.4. The van der Waals surface area contributed by atoms with Crippen molar-refractivity contribution in [2.24, 2.45) is 7.05 Å². The molecule has 1 fully saturated rings. The number of aliphatic hydroxyl groups is 1. The molecule has 3 heterocycles. The minimum Gasteiger partial charge on any atom is -0.466 e. The van der Waals surface area contributed by atoms with Crippen molar-refractivity contribution in [2.45, 2.75) is 65.9 Å². The van der Waals surface area contributed by atoms with E-state index in [2.05, 4.69) is 67.7 Å². The third-order valence-electron chi connectivity index (χ3n) is 7.55. The van der Waals surface area contributed by atoms with Crippen molar-refractivity contribution < 1.29 is 14.6 Å². The van der Waals surface area contributed by atoms with Crippen LogP contribution in [0.25, 0.3) is 42.8 Å². The van der Waals surface area contributed by atoms with Crippen LogP contribution in [0.1, 0.15) is 62.4 Å². The largest absolute Gasteiger partial charge is 0.466 e. The number of esters is 1. The number of thiazole rings is 1. The number of ether oxygens (including phenoxy) is 1. The number of nitrogens with zero attached hydrogens (tertiary/aromatic N) is 3. The van der Waals surface area contributed by atoms with Crippen LogP contribution in [0.4, 0.5) is 0 Å². The summed E-state index contributed by atoms with van der Waals surface area (Å²) in [6.45, 7) is 13.6. The average molecular weight is 599 g/mol. The van der Waals surface area contributed by atoms with E-state index in [0.717, 1.165) is 68.1 Å². The molecule has 7 nitrogen and oxygen atoms in total. The fraction of sp³-hybridized carbons (Fsp3) is 0.400. The quantitative estimate of drug-likeness (QED) is 0.203. The van der Waals surface area contributed by atoms with E-state index in [4.69, 9.17) is 19.9 Å². The summed E-state index contributed by atoms with van der Waals surface area (Å²) in [5, 5.41) is 19.1. The molecule has 8 heteroatoms. The van der Waals surface area contributed by atoms with E-state index < -0.39 is 5.60 Å². The number of hydrogen-bond acceptors (Lipinski definition) is 7. The maximum absolute atomic E-state index is 12.6. The lowest BCUT2D eigenvalue weighted by Gasteiger charge is -2.14. The number of aromatic nitrogens is 3. The third-order valence-corrected chi connectivity index (χ3v) is 8.69. The first-order valence-corrected chi connectivity index (χ1v) is 15.8. The topological polar surface area (TPSA) is 89.3 Å². The molecular weight excluding hydrogens is 556 g/mol. The average Bonchev–Trinajstić information content (AvgIpc) is 3.68. The second-order valence-electron chi connectivity index (χ2n) is 12.4. The van der Waals surface area contributed by atoms with Crippen LogP contribution in [0.2, 0.25) is 0 Å². The number of fused-ring (bicyclic) bond motifs is 2. The third kappa shape index (κ3) is 6.98. The van der Waals surface area contributed by atoms with Crippen molar-refractivity contribution in [3.05, 3.63) is 70.9 Å². The molecule has 226 valence electrons. The van der Waals surface area contributed by atoms with E-state index in [9.17, 15) is 4.79 Å². The predicted octanol–water partition coefficient (Wildman–Crippen LogP) is 7.09. The van der Waals surface area contributed by atoms with E-state index in [0.29, 0.717) is 12.5 Å². The zero-order valence-corrected chi connectivity index (χ0v) is 27.1. The van der Waals surface area contributed by atoms with Crippen LogP contribution in [-0.2, 0) is 23.0 Å². The van der Waals surface area contributed by atoms with Crippen LogP contribution in [0.5, 0.6) is 0 Å². The van der Waals surface area contributed by atoms with Crippen molar-refractivity contribution in [2.75, 3.05) is 19.7 Å². The van der Waals surface area contributed by atoms with Gasteiger partial charge in [-0.2, -0.15) is 5.10 Å². The minimum atomic E-state index is -0.500. The molecule has 2 N–H and O–H groups in total. The summed E-state index contributed by atoms with van der Waals surface area (Å²) in [7, 11) is 2.02. The van der Waals surface area contributed by atoms with Gasteiger partial charge < -0.3 is 15.2 Å². The number of nitrogens with one attached hydrogen (secondary N) is 1. The van der Waals surface area contributed by atoms with E-state index in [-0.39, 0.29) is 12.4 Å². The molecule has 1 atom stereocenters. The van der Waals surface area contributed by atoms with Gasteiger partial charge in [0.25, 0.3) is 0 Å². The first-order chi connectivity index (χ1) is 20.4. The van der Waals surface area contributed by atoms with Crippen LogP contribution >= 0.6 is 11.3 Å². The molecule has 0 saturated carbocycles. The Balaban J connectivity index is 0.000000682. The molecule has 0 amide bonds. The number of rotatable bonds is 6. The summed E-state index contributed by atoms with van der Waals surface area (Å²) in [5.41, 5.74) is 9.30. The van der Waals surface area contributed by atoms with Crippen molar-refractivity contribution in [1.29, 1.82) is 0 Å². The van der Waals surface area contributed by atoms with Crippen LogP contribution in [0.3, 0.4) is 0 Å².